The summed E-state index contributed by atoms with van der Waals surface area (Å²) >= 11 is 0. The van der Waals surface area contributed by atoms with Gasteiger partial charge in [-0.25, -0.2) is 4.98 Å². The molecular weight excluding hydrogens is 452 g/mol. The van der Waals surface area contributed by atoms with Gasteiger partial charge in [0.25, 0.3) is 5.56 Å². The highest BCUT2D eigenvalue weighted by molar-refractivity contribution is 5.66. The van der Waals surface area contributed by atoms with Crippen LogP contribution in [0.5, 0.6) is 11.5 Å². The first-order valence-electron chi connectivity index (χ1n) is 12.2. The number of nitrogens with zero attached hydrogens (tertiary/aromatic N) is 1. The smallest absolute Gasteiger partial charge is 0.255 e. The zero-order valence-electron chi connectivity index (χ0n) is 20.8. The molecule has 1 aromatic heterocycles. The molecule has 4 aromatic rings. The summed E-state index contributed by atoms with van der Waals surface area (Å²) in [6.45, 7) is 5.92. The second-order valence-corrected chi connectivity index (χ2v) is 9.70. The third-order valence-corrected chi connectivity index (χ3v) is 7.64. The van der Waals surface area contributed by atoms with E-state index in [9.17, 15) is 9.90 Å². The van der Waals surface area contributed by atoms with E-state index < -0.39 is 17.1 Å². The molecule has 1 aliphatic carbocycles. The van der Waals surface area contributed by atoms with E-state index in [0.29, 0.717) is 40.6 Å². The minimum absolute atomic E-state index is 0.253. The summed E-state index contributed by atoms with van der Waals surface area (Å²) in [5.74, 6) is 1.22. The number of aryl methyl sites for hydroxylation is 3. The van der Waals surface area contributed by atoms with Crippen LogP contribution < -0.4 is 15.0 Å². The van der Waals surface area contributed by atoms with E-state index in [1.165, 1.54) is 0 Å². The summed E-state index contributed by atoms with van der Waals surface area (Å²) < 4.78 is 12.4. The van der Waals surface area contributed by atoms with Crippen LogP contribution in [0, 0.1) is 13.8 Å². The Bertz CT molecular complexity index is 1540. The van der Waals surface area contributed by atoms with E-state index in [-0.39, 0.29) is 5.56 Å². The summed E-state index contributed by atoms with van der Waals surface area (Å²) in [5, 5.41) is 13.0. The van der Waals surface area contributed by atoms with Gasteiger partial charge in [0, 0.05) is 17.5 Å². The van der Waals surface area contributed by atoms with Crippen LogP contribution in [0.15, 0.2) is 71.5 Å². The Morgan fingerprint density at radius 3 is 2.47 bits per heavy atom. The average Bonchev–Trinajstić information content (AvgIpc) is 3.27. The Balaban J connectivity index is 1.79. The van der Waals surface area contributed by atoms with Crippen molar-refractivity contribution in [1.29, 1.82) is 0 Å². The normalized spacial score (nSPS) is 23.5. The van der Waals surface area contributed by atoms with E-state index in [2.05, 4.69) is 4.98 Å². The Hall–Kier alpha value is -3.90. The largest absolute Gasteiger partial charge is 0.497 e. The van der Waals surface area contributed by atoms with Crippen molar-refractivity contribution in [1.82, 2.24) is 9.97 Å². The Morgan fingerprint density at radius 1 is 1.08 bits per heavy atom. The lowest BCUT2D eigenvalue weighted by Crippen LogP contribution is -2.49. The van der Waals surface area contributed by atoms with Crippen LogP contribution in [0.2, 0.25) is 0 Å². The molecule has 0 radical (unpaired) electrons. The van der Waals surface area contributed by atoms with Crippen LogP contribution in [-0.4, -0.2) is 22.2 Å². The molecule has 6 rings (SSSR count). The van der Waals surface area contributed by atoms with E-state index in [4.69, 9.17) is 14.5 Å². The van der Waals surface area contributed by atoms with Crippen molar-refractivity contribution in [2.45, 2.75) is 44.3 Å². The van der Waals surface area contributed by atoms with Crippen LogP contribution in [0.3, 0.4) is 0 Å². The number of methoxy groups -OCH3 is 1. The van der Waals surface area contributed by atoms with Gasteiger partial charge in [0.05, 0.1) is 24.3 Å². The van der Waals surface area contributed by atoms with Gasteiger partial charge in [-0.1, -0.05) is 55.5 Å². The topological polar surface area (TPSA) is 84.4 Å². The molecule has 2 aliphatic rings. The van der Waals surface area contributed by atoms with E-state index >= 15 is 0 Å². The number of aliphatic hydroxyl groups is 1. The fraction of sp³-hybridized carbons (Fsp3) is 0.267. The second kappa shape index (κ2) is 7.80. The van der Waals surface area contributed by atoms with Gasteiger partial charge < -0.3 is 19.6 Å². The molecule has 3 aromatic carbocycles. The minimum Gasteiger partial charge on any atom is -0.497 e. The van der Waals surface area contributed by atoms with Crippen LogP contribution in [-0.2, 0) is 17.6 Å². The Labute approximate surface area is 209 Å². The molecule has 2 N–H and O–H groups in total. The lowest BCUT2D eigenvalue weighted by molar-refractivity contribution is -0.0907. The third-order valence-electron chi connectivity index (χ3n) is 7.64. The summed E-state index contributed by atoms with van der Waals surface area (Å²) in [7, 11) is 1.62. The van der Waals surface area contributed by atoms with Gasteiger partial charge in [-0.05, 0) is 48.7 Å². The van der Waals surface area contributed by atoms with Gasteiger partial charge >= 0.3 is 0 Å². The Morgan fingerprint density at radius 2 is 1.81 bits per heavy atom. The first-order valence-corrected chi connectivity index (χ1v) is 12.2. The van der Waals surface area contributed by atoms with E-state index in [0.717, 1.165) is 22.3 Å². The zero-order valence-corrected chi connectivity index (χ0v) is 20.8. The van der Waals surface area contributed by atoms with Crippen molar-refractivity contribution >= 4 is 0 Å². The minimum atomic E-state index is -1.69. The molecule has 182 valence electrons. The third kappa shape index (κ3) is 2.76. The first kappa shape index (κ1) is 22.6. The molecule has 6 heteroatoms. The number of hydrogen-bond acceptors (Lipinski definition) is 5. The SMILES string of the molecule is CCc1nc2c(c(=O)[nH]1)[C@@H](c1ccccc1)[C@]1(c3ccc(OC)cc3)Oc3cc(C)cc(C)c3[C@]21O. The fourth-order valence-corrected chi connectivity index (χ4v) is 6.23. The van der Waals surface area contributed by atoms with E-state index in [1.807, 2.05) is 87.5 Å². The molecule has 0 saturated carbocycles. The monoisotopic (exact) mass is 480 g/mol. The number of fused-ring (bicyclic) bond motifs is 5. The second-order valence-electron chi connectivity index (χ2n) is 9.70. The number of aromatic amines is 1. The molecule has 0 bridgehead atoms. The maximum atomic E-state index is 13.7. The van der Waals surface area contributed by atoms with Gasteiger partial charge in [0.15, 0.2) is 11.2 Å². The van der Waals surface area contributed by atoms with Crippen LogP contribution >= 0.6 is 0 Å². The van der Waals surface area contributed by atoms with Crippen molar-refractivity contribution < 1.29 is 14.6 Å². The number of benzene rings is 3. The number of rotatable bonds is 4. The highest BCUT2D eigenvalue weighted by Gasteiger charge is 2.73. The van der Waals surface area contributed by atoms with Crippen molar-refractivity contribution in [2.24, 2.45) is 0 Å². The summed E-state index contributed by atoms with van der Waals surface area (Å²) in [4.78, 5) is 21.5. The molecule has 0 spiro atoms. The lowest BCUT2D eigenvalue weighted by Gasteiger charge is -2.40. The lowest BCUT2D eigenvalue weighted by atomic mass is 9.69. The van der Waals surface area contributed by atoms with Crippen molar-refractivity contribution in [3.8, 4) is 11.5 Å². The van der Waals surface area contributed by atoms with Crippen molar-refractivity contribution in [3.05, 3.63) is 122 Å². The average molecular weight is 481 g/mol. The molecule has 0 saturated heterocycles. The molecular formula is C30H28N2O4. The molecule has 0 fully saturated rings. The highest BCUT2D eigenvalue weighted by atomic mass is 16.5. The standard InChI is InChI=1S/C30H28N2O4/c1-5-23-31-27-24(28(33)32-23)26(19-9-7-6-8-10-19)30(20-11-13-21(35-4)14-12-20)29(27,34)25-18(3)15-17(2)16-22(25)36-30/h6-16,26,34H,5H2,1-4H3,(H,31,32,33)/t26-,29+,30+/m1/s1. The summed E-state index contributed by atoms with van der Waals surface area (Å²) in [6, 6.07) is 21.3. The van der Waals surface area contributed by atoms with Gasteiger partial charge in [0.2, 0.25) is 0 Å². The van der Waals surface area contributed by atoms with Gasteiger partial charge in [-0.2, -0.15) is 0 Å². The number of ether oxygens (including phenoxy) is 2. The predicted molar refractivity (Wildman–Crippen MR) is 137 cm³/mol. The first-order chi connectivity index (χ1) is 17.3. The quantitative estimate of drug-likeness (QED) is 0.445. The maximum absolute atomic E-state index is 13.7. The Kier molecular flexibility index (Phi) is 4.89. The van der Waals surface area contributed by atoms with Gasteiger partial charge in [-0.3, -0.25) is 4.79 Å². The van der Waals surface area contributed by atoms with Crippen LogP contribution in [0.4, 0.5) is 0 Å². The predicted octanol–water partition coefficient (Wildman–Crippen LogP) is 4.63. The summed E-state index contributed by atoms with van der Waals surface area (Å²) in [6.07, 6.45) is 0.532. The fourth-order valence-electron chi connectivity index (χ4n) is 6.23. The van der Waals surface area contributed by atoms with Gasteiger partial charge in [-0.15, -0.1) is 0 Å². The van der Waals surface area contributed by atoms with Crippen molar-refractivity contribution in [3.63, 3.8) is 0 Å². The maximum Gasteiger partial charge on any atom is 0.255 e. The summed E-state index contributed by atoms with van der Waals surface area (Å²) in [5.41, 5.74) is 1.68. The van der Waals surface area contributed by atoms with Crippen LogP contribution in [0.25, 0.3) is 0 Å². The number of hydrogen-bond donors (Lipinski definition) is 2. The van der Waals surface area contributed by atoms with Crippen molar-refractivity contribution in [2.75, 3.05) is 7.11 Å². The highest BCUT2D eigenvalue weighted by Crippen LogP contribution is 2.68. The molecule has 2 heterocycles. The zero-order chi connectivity index (χ0) is 25.2. The molecule has 0 unspecified atom stereocenters. The number of nitrogens with one attached hydrogen (secondary N) is 1. The molecule has 3 atom stereocenters. The number of H-pyrrole nitrogens is 1. The van der Waals surface area contributed by atoms with E-state index in [1.54, 1.807) is 7.11 Å². The molecule has 6 nitrogen and oxygen atoms in total. The van der Waals surface area contributed by atoms with Crippen LogP contribution in [0.1, 0.15) is 57.7 Å². The number of aromatic nitrogens is 2. The molecule has 1 aliphatic heterocycles. The molecule has 0 amide bonds. The molecule has 36 heavy (non-hydrogen) atoms. The van der Waals surface area contributed by atoms with Gasteiger partial charge in [0.1, 0.15) is 17.3 Å².